The van der Waals surface area contributed by atoms with E-state index in [1.807, 2.05) is 12.1 Å². The molecule has 11 heteroatoms. The van der Waals surface area contributed by atoms with E-state index in [9.17, 15) is 22.7 Å². The van der Waals surface area contributed by atoms with Crippen molar-refractivity contribution in [3.8, 4) is 17.2 Å². The molecule has 0 atom stereocenters. The lowest BCUT2D eigenvalue weighted by Crippen LogP contribution is -2.39. The van der Waals surface area contributed by atoms with Crippen LogP contribution in [0.25, 0.3) is 10.8 Å². The third kappa shape index (κ3) is 5.09. The zero-order chi connectivity index (χ0) is 26.7. The largest absolute Gasteiger partial charge is 0.507 e. The Kier molecular flexibility index (Phi) is 6.84. The Morgan fingerprint density at radius 3 is 2.53 bits per heavy atom. The van der Waals surface area contributed by atoms with Crippen molar-refractivity contribution in [3.63, 3.8) is 0 Å². The predicted octanol–water partition coefficient (Wildman–Crippen LogP) is 3.80. The Morgan fingerprint density at radius 1 is 1.00 bits per heavy atom. The van der Waals surface area contributed by atoms with Crippen LogP contribution in [0.1, 0.15) is 5.56 Å². The fraction of sp³-hybridized carbons (Fsp3) is 0.111. The van der Waals surface area contributed by atoms with E-state index in [4.69, 9.17) is 9.47 Å². The van der Waals surface area contributed by atoms with Gasteiger partial charge in [0.25, 0.3) is 15.9 Å². The van der Waals surface area contributed by atoms with Crippen LogP contribution < -0.4 is 19.2 Å². The normalized spacial score (nSPS) is 13.0. The first kappa shape index (κ1) is 25.0. The molecule has 4 aromatic carbocycles. The third-order valence-corrected chi connectivity index (χ3v) is 7.60. The topological polar surface area (TPSA) is 118 Å². The van der Waals surface area contributed by atoms with E-state index in [1.54, 1.807) is 18.2 Å². The van der Waals surface area contributed by atoms with Crippen LogP contribution in [-0.4, -0.2) is 45.4 Å². The number of halogens is 1. The first-order valence-corrected chi connectivity index (χ1v) is 13.0. The highest BCUT2D eigenvalue weighted by atomic mass is 32.2. The van der Waals surface area contributed by atoms with Crippen LogP contribution in [0.5, 0.6) is 17.2 Å². The van der Waals surface area contributed by atoms with Crippen molar-refractivity contribution in [1.82, 2.24) is 5.43 Å². The predicted molar refractivity (Wildman–Crippen MR) is 140 cm³/mol. The summed E-state index contributed by atoms with van der Waals surface area (Å²) in [6.07, 6.45) is 1.28. The molecule has 4 aromatic rings. The van der Waals surface area contributed by atoms with Crippen molar-refractivity contribution in [2.24, 2.45) is 5.10 Å². The lowest BCUT2D eigenvalue weighted by molar-refractivity contribution is -0.119. The van der Waals surface area contributed by atoms with Gasteiger partial charge >= 0.3 is 0 Å². The number of rotatable bonds is 7. The smallest absolute Gasteiger partial charge is 0.264 e. The number of sulfonamides is 1. The highest BCUT2D eigenvalue weighted by Crippen LogP contribution is 2.34. The summed E-state index contributed by atoms with van der Waals surface area (Å²) in [5.74, 6) is -0.677. The van der Waals surface area contributed by atoms with Crippen molar-refractivity contribution in [2.75, 3.05) is 24.1 Å². The van der Waals surface area contributed by atoms with Crippen molar-refractivity contribution in [3.05, 3.63) is 90.2 Å². The second kappa shape index (κ2) is 10.4. The van der Waals surface area contributed by atoms with Gasteiger partial charge in [0.15, 0.2) is 11.5 Å². The highest BCUT2D eigenvalue weighted by Gasteiger charge is 2.29. The Hall–Kier alpha value is -4.64. The summed E-state index contributed by atoms with van der Waals surface area (Å²) in [5, 5.41) is 15.8. The fourth-order valence-electron chi connectivity index (χ4n) is 3.99. The first-order chi connectivity index (χ1) is 18.3. The van der Waals surface area contributed by atoms with Crippen molar-refractivity contribution in [2.45, 2.75) is 4.90 Å². The molecule has 194 valence electrons. The quantitative estimate of drug-likeness (QED) is 0.275. The molecule has 0 radical (unpaired) electrons. The molecule has 0 bridgehead atoms. The maximum atomic E-state index is 13.6. The SMILES string of the molecule is O=C(CN(c1ccc(F)cc1)S(=O)(=O)c1ccc2c(c1)OCCO2)N/N=C\c1c(O)ccc2ccccc12. The number of ether oxygens (including phenoxy) is 2. The summed E-state index contributed by atoms with van der Waals surface area (Å²) in [5.41, 5.74) is 2.77. The van der Waals surface area contributed by atoms with Crippen LogP contribution in [-0.2, 0) is 14.8 Å². The molecular formula is C27H22FN3O6S. The van der Waals surface area contributed by atoms with E-state index in [0.29, 0.717) is 17.9 Å². The number of benzene rings is 4. The van der Waals surface area contributed by atoms with E-state index in [2.05, 4.69) is 10.5 Å². The molecule has 1 aliphatic heterocycles. The molecule has 1 heterocycles. The van der Waals surface area contributed by atoms with Crippen LogP contribution in [0.2, 0.25) is 0 Å². The number of amides is 1. The van der Waals surface area contributed by atoms with Gasteiger partial charge < -0.3 is 14.6 Å². The zero-order valence-electron chi connectivity index (χ0n) is 19.9. The van der Waals surface area contributed by atoms with Gasteiger partial charge in [-0.2, -0.15) is 5.10 Å². The summed E-state index contributed by atoms with van der Waals surface area (Å²) in [7, 11) is -4.29. The lowest BCUT2D eigenvalue weighted by Gasteiger charge is -2.25. The molecule has 9 nitrogen and oxygen atoms in total. The monoisotopic (exact) mass is 535 g/mol. The molecule has 1 amide bonds. The van der Waals surface area contributed by atoms with Crippen molar-refractivity contribution in [1.29, 1.82) is 0 Å². The standard InChI is InChI=1S/C27H22FN3O6S/c28-19-6-8-20(9-7-19)31(38(34,35)21-10-12-25-26(15-21)37-14-13-36-25)17-27(33)30-29-16-23-22-4-2-1-3-18(22)5-11-24(23)32/h1-12,15-16,32H,13-14,17H2,(H,30,33)/b29-16-. The van der Waals surface area contributed by atoms with E-state index >= 15 is 0 Å². The molecule has 0 saturated heterocycles. The number of carbonyl (C=O) groups excluding carboxylic acids is 1. The second-order valence-corrected chi connectivity index (χ2v) is 10.2. The summed E-state index contributed by atoms with van der Waals surface area (Å²) in [6, 6.07) is 19.5. The van der Waals surface area contributed by atoms with Gasteiger partial charge in [-0.15, -0.1) is 0 Å². The average Bonchev–Trinajstić information content (AvgIpc) is 2.93. The number of hydrogen-bond acceptors (Lipinski definition) is 7. The first-order valence-electron chi connectivity index (χ1n) is 11.5. The molecule has 0 fully saturated rings. The number of nitrogens with zero attached hydrogens (tertiary/aromatic N) is 2. The van der Waals surface area contributed by atoms with Gasteiger partial charge in [0.1, 0.15) is 31.3 Å². The zero-order valence-corrected chi connectivity index (χ0v) is 20.7. The molecule has 0 aliphatic carbocycles. The lowest BCUT2D eigenvalue weighted by atomic mass is 10.0. The van der Waals surface area contributed by atoms with Gasteiger partial charge in [0.05, 0.1) is 16.8 Å². The molecule has 0 aromatic heterocycles. The van der Waals surface area contributed by atoms with E-state index in [-0.39, 0.29) is 28.7 Å². The van der Waals surface area contributed by atoms with E-state index in [0.717, 1.165) is 27.2 Å². The molecule has 1 aliphatic rings. The van der Waals surface area contributed by atoms with Crippen LogP contribution in [0, 0.1) is 5.82 Å². The molecule has 0 spiro atoms. The number of phenolic OH excluding ortho intramolecular Hbond substituents is 1. The second-order valence-electron chi connectivity index (χ2n) is 8.31. The van der Waals surface area contributed by atoms with Gasteiger partial charge in [-0.25, -0.2) is 18.2 Å². The van der Waals surface area contributed by atoms with E-state index in [1.165, 1.54) is 42.6 Å². The van der Waals surface area contributed by atoms with Crippen LogP contribution in [0.3, 0.4) is 0 Å². The number of phenols is 1. The number of carbonyl (C=O) groups is 1. The Bertz CT molecular complexity index is 1640. The highest BCUT2D eigenvalue weighted by molar-refractivity contribution is 7.92. The van der Waals surface area contributed by atoms with Gasteiger partial charge in [0, 0.05) is 11.6 Å². The molecule has 0 unspecified atom stereocenters. The van der Waals surface area contributed by atoms with Crippen molar-refractivity contribution >= 4 is 38.6 Å². The number of anilines is 1. The molecule has 38 heavy (non-hydrogen) atoms. The summed E-state index contributed by atoms with van der Waals surface area (Å²) < 4.78 is 52.6. The number of fused-ring (bicyclic) bond motifs is 2. The van der Waals surface area contributed by atoms with Crippen molar-refractivity contribution < 1.29 is 32.2 Å². The number of nitrogens with one attached hydrogen (secondary N) is 1. The Labute approximate surface area is 217 Å². The maximum Gasteiger partial charge on any atom is 0.264 e. The molecule has 0 saturated carbocycles. The Balaban J connectivity index is 1.41. The van der Waals surface area contributed by atoms with Crippen LogP contribution in [0.15, 0.2) is 88.9 Å². The average molecular weight is 536 g/mol. The number of aromatic hydroxyl groups is 1. The number of hydrazone groups is 1. The molecular weight excluding hydrogens is 513 g/mol. The van der Waals surface area contributed by atoms with Gasteiger partial charge in [-0.3, -0.25) is 9.10 Å². The van der Waals surface area contributed by atoms with Crippen LogP contribution >= 0.6 is 0 Å². The Morgan fingerprint density at radius 2 is 1.74 bits per heavy atom. The minimum Gasteiger partial charge on any atom is -0.507 e. The summed E-state index contributed by atoms with van der Waals surface area (Å²) in [4.78, 5) is 12.7. The van der Waals surface area contributed by atoms with E-state index < -0.39 is 28.3 Å². The summed E-state index contributed by atoms with van der Waals surface area (Å²) in [6.45, 7) is -0.0376. The summed E-state index contributed by atoms with van der Waals surface area (Å²) >= 11 is 0. The van der Waals surface area contributed by atoms with Gasteiger partial charge in [-0.05, 0) is 53.2 Å². The van der Waals surface area contributed by atoms with Gasteiger partial charge in [-0.1, -0.05) is 30.3 Å². The minimum atomic E-state index is -4.29. The molecule has 2 N–H and O–H groups in total. The maximum absolute atomic E-state index is 13.6. The minimum absolute atomic E-state index is 0.0316. The molecule has 5 rings (SSSR count). The number of hydrogen-bond donors (Lipinski definition) is 2. The third-order valence-electron chi connectivity index (χ3n) is 5.83. The van der Waals surface area contributed by atoms with Crippen LogP contribution in [0.4, 0.5) is 10.1 Å². The van der Waals surface area contributed by atoms with Gasteiger partial charge in [0.2, 0.25) is 0 Å². The fourth-order valence-corrected chi connectivity index (χ4v) is 5.43.